The van der Waals surface area contributed by atoms with E-state index in [9.17, 15) is 4.79 Å². The molecule has 94 valence electrons. The van der Waals surface area contributed by atoms with Gasteiger partial charge in [0, 0.05) is 6.54 Å². The number of carbonyl (C=O) groups excluding carboxylic acids is 1. The van der Waals surface area contributed by atoms with Crippen molar-refractivity contribution in [2.45, 2.75) is 26.7 Å². The predicted molar refractivity (Wildman–Crippen MR) is 65.7 cm³/mol. The van der Waals surface area contributed by atoms with Crippen molar-refractivity contribution in [2.75, 3.05) is 19.0 Å². The molecule has 0 amide bonds. The molecule has 1 heterocycles. The van der Waals surface area contributed by atoms with Crippen molar-refractivity contribution in [3.05, 3.63) is 17.8 Å². The van der Waals surface area contributed by atoms with E-state index in [1.807, 2.05) is 12.1 Å². The Labute approximate surface area is 102 Å². The minimum Gasteiger partial charge on any atom is -0.469 e. The van der Waals surface area contributed by atoms with Gasteiger partial charge < -0.3 is 10.1 Å². The summed E-state index contributed by atoms with van der Waals surface area (Å²) in [6, 6.07) is 3.83. The van der Waals surface area contributed by atoms with Gasteiger partial charge in [-0.1, -0.05) is 13.8 Å². The Morgan fingerprint density at radius 3 is 2.71 bits per heavy atom. The van der Waals surface area contributed by atoms with Crippen LogP contribution in [0.1, 0.15) is 26.0 Å². The fraction of sp³-hybridized carbons (Fsp3) is 0.583. The minimum atomic E-state index is -0.234. The summed E-state index contributed by atoms with van der Waals surface area (Å²) in [5.41, 5.74) is 0.985. The molecule has 0 aliphatic rings. The number of rotatable bonds is 6. The first-order valence-electron chi connectivity index (χ1n) is 5.75. The third kappa shape index (κ3) is 5.29. The number of esters is 1. The van der Waals surface area contributed by atoms with Crippen LogP contribution in [0.15, 0.2) is 12.1 Å². The summed E-state index contributed by atoms with van der Waals surface area (Å²) in [7, 11) is 1.38. The van der Waals surface area contributed by atoms with Crippen LogP contribution in [0.5, 0.6) is 0 Å². The van der Waals surface area contributed by atoms with E-state index in [1.165, 1.54) is 7.11 Å². The minimum absolute atomic E-state index is 0.234. The number of anilines is 1. The molecule has 5 heteroatoms. The number of nitrogens with one attached hydrogen (secondary N) is 1. The van der Waals surface area contributed by atoms with Crippen molar-refractivity contribution in [1.82, 2.24) is 10.2 Å². The molecule has 0 atom stereocenters. The highest BCUT2D eigenvalue weighted by Gasteiger charge is 2.02. The second-order valence-electron chi connectivity index (χ2n) is 4.26. The molecule has 0 aliphatic heterocycles. The Kier molecular flexibility index (Phi) is 5.39. The largest absolute Gasteiger partial charge is 0.469 e. The lowest BCUT2D eigenvalue weighted by molar-refractivity contribution is -0.140. The maximum Gasteiger partial charge on any atom is 0.307 e. The third-order valence-corrected chi connectivity index (χ3v) is 2.20. The van der Waals surface area contributed by atoms with Crippen LogP contribution < -0.4 is 5.32 Å². The molecule has 0 bridgehead atoms. The second kappa shape index (κ2) is 6.83. The highest BCUT2D eigenvalue weighted by Crippen LogP contribution is 2.06. The lowest BCUT2D eigenvalue weighted by atomic mass is 10.1. The zero-order chi connectivity index (χ0) is 12.7. The number of methoxy groups -OCH3 is 1. The van der Waals surface area contributed by atoms with Crippen LogP contribution in [0.25, 0.3) is 0 Å². The normalized spacial score (nSPS) is 10.4. The van der Waals surface area contributed by atoms with Crippen molar-refractivity contribution in [3.63, 3.8) is 0 Å². The Morgan fingerprint density at radius 1 is 1.41 bits per heavy atom. The average Bonchev–Trinajstić information content (AvgIpc) is 2.30. The molecule has 5 nitrogen and oxygen atoms in total. The topological polar surface area (TPSA) is 64.1 Å². The van der Waals surface area contributed by atoms with Crippen LogP contribution in [0, 0.1) is 5.92 Å². The van der Waals surface area contributed by atoms with E-state index in [0.29, 0.717) is 24.7 Å². The van der Waals surface area contributed by atoms with Gasteiger partial charge in [0.15, 0.2) is 0 Å². The van der Waals surface area contributed by atoms with E-state index in [0.717, 1.165) is 12.1 Å². The van der Waals surface area contributed by atoms with Gasteiger partial charge in [-0.15, -0.1) is 5.10 Å². The summed E-state index contributed by atoms with van der Waals surface area (Å²) in [5, 5.41) is 11.2. The molecule has 0 unspecified atom stereocenters. The zero-order valence-electron chi connectivity index (χ0n) is 10.6. The van der Waals surface area contributed by atoms with E-state index >= 15 is 0 Å². The van der Waals surface area contributed by atoms with Crippen LogP contribution in [-0.4, -0.2) is 29.8 Å². The lowest BCUT2D eigenvalue weighted by Crippen LogP contribution is -2.11. The number of nitrogens with zero attached hydrogens (tertiary/aromatic N) is 2. The average molecular weight is 237 g/mol. The fourth-order valence-electron chi connectivity index (χ4n) is 1.38. The molecule has 0 saturated carbocycles. The van der Waals surface area contributed by atoms with Crippen LogP contribution in [0.4, 0.5) is 5.82 Å². The van der Waals surface area contributed by atoms with Crippen molar-refractivity contribution >= 4 is 11.8 Å². The van der Waals surface area contributed by atoms with Gasteiger partial charge in [0.25, 0.3) is 0 Å². The molecular weight excluding hydrogens is 218 g/mol. The fourth-order valence-corrected chi connectivity index (χ4v) is 1.38. The summed E-state index contributed by atoms with van der Waals surface area (Å²) >= 11 is 0. The monoisotopic (exact) mass is 237 g/mol. The van der Waals surface area contributed by atoms with Gasteiger partial charge in [-0.25, -0.2) is 0 Å². The van der Waals surface area contributed by atoms with Gasteiger partial charge in [0.05, 0.1) is 19.2 Å². The molecule has 1 aromatic heterocycles. The molecule has 0 radical (unpaired) electrons. The Balaban J connectivity index is 2.37. The van der Waals surface area contributed by atoms with Crippen molar-refractivity contribution in [2.24, 2.45) is 5.92 Å². The number of hydrogen-bond donors (Lipinski definition) is 1. The summed E-state index contributed by atoms with van der Waals surface area (Å²) in [4.78, 5) is 10.9. The maximum absolute atomic E-state index is 10.9. The molecule has 0 aromatic carbocycles. The Bertz CT molecular complexity index is 349. The Hall–Kier alpha value is -1.65. The smallest absolute Gasteiger partial charge is 0.307 e. The van der Waals surface area contributed by atoms with Gasteiger partial charge in [0.2, 0.25) is 0 Å². The lowest BCUT2D eigenvalue weighted by Gasteiger charge is -2.06. The third-order valence-electron chi connectivity index (χ3n) is 2.20. The number of ether oxygens (including phenoxy) is 1. The van der Waals surface area contributed by atoms with Gasteiger partial charge in [-0.3, -0.25) is 4.79 Å². The van der Waals surface area contributed by atoms with E-state index in [4.69, 9.17) is 0 Å². The quantitative estimate of drug-likeness (QED) is 0.762. The summed E-state index contributed by atoms with van der Waals surface area (Å²) < 4.78 is 4.54. The SMILES string of the molecule is COC(=O)CCNc1ccc(CC(C)C)nn1. The molecule has 0 spiro atoms. The first-order valence-corrected chi connectivity index (χ1v) is 5.75. The first-order chi connectivity index (χ1) is 8.11. The van der Waals surface area contributed by atoms with Gasteiger partial charge in [-0.05, 0) is 24.5 Å². The van der Waals surface area contributed by atoms with E-state index < -0.39 is 0 Å². The van der Waals surface area contributed by atoms with Crippen molar-refractivity contribution in [3.8, 4) is 0 Å². The highest BCUT2D eigenvalue weighted by atomic mass is 16.5. The van der Waals surface area contributed by atoms with Gasteiger partial charge in [-0.2, -0.15) is 5.10 Å². The molecule has 17 heavy (non-hydrogen) atoms. The van der Waals surface area contributed by atoms with Crippen LogP contribution in [0.3, 0.4) is 0 Å². The predicted octanol–water partition coefficient (Wildman–Crippen LogP) is 1.65. The molecule has 0 aliphatic carbocycles. The molecule has 1 aromatic rings. The molecule has 1 N–H and O–H groups in total. The molecular formula is C12H19N3O2. The van der Waals surface area contributed by atoms with E-state index in [-0.39, 0.29) is 5.97 Å². The molecule has 0 saturated heterocycles. The van der Waals surface area contributed by atoms with Crippen molar-refractivity contribution < 1.29 is 9.53 Å². The second-order valence-corrected chi connectivity index (χ2v) is 4.26. The first kappa shape index (κ1) is 13.4. The van der Waals surface area contributed by atoms with Crippen LogP contribution >= 0.6 is 0 Å². The summed E-state index contributed by atoms with van der Waals surface area (Å²) in [6.07, 6.45) is 1.25. The van der Waals surface area contributed by atoms with Crippen molar-refractivity contribution in [1.29, 1.82) is 0 Å². The molecule has 0 fully saturated rings. The van der Waals surface area contributed by atoms with Gasteiger partial charge >= 0.3 is 5.97 Å². The number of hydrogen-bond acceptors (Lipinski definition) is 5. The summed E-state index contributed by atoms with van der Waals surface area (Å²) in [6.45, 7) is 4.79. The zero-order valence-corrected chi connectivity index (χ0v) is 10.6. The van der Waals surface area contributed by atoms with E-state index in [2.05, 4.69) is 34.1 Å². The molecule has 1 rings (SSSR count). The highest BCUT2D eigenvalue weighted by molar-refractivity contribution is 5.69. The van der Waals surface area contributed by atoms with Gasteiger partial charge in [0.1, 0.15) is 5.82 Å². The number of carbonyl (C=O) groups is 1. The Morgan fingerprint density at radius 2 is 2.18 bits per heavy atom. The van der Waals surface area contributed by atoms with Crippen LogP contribution in [-0.2, 0) is 16.0 Å². The van der Waals surface area contributed by atoms with E-state index in [1.54, 1.807) is 0 Å². The standard InChI is InChI=1S/C12H19N3O2/c1-9(2)8-10-4-5-11(15-14-10)13-7-6-12(16)17-3/h4-5,9H,6-8H2,1-3H3,(H,13,15). The number of aromatic nitrogens is 2. The summed E-state index contributed by atoms with van der Waals surface area (Å²) in [5.74, 6) is 1.02. The van der Waals surface area contributed by atoms with Crippen LogP contribution in [0.2, 0.25) is 0 Å². The maximum atomic E-state index is 10.9.